The summed E-state index contributed by atoms with van der Waals surface area (Å²) in [5, 5.41) is 4.05. The van der Waals surface area contributed by atoms with Crippen LogP contribution in [0.3, 0.4) is 0 Å². The van der Waals surface area contributed by atoms with E-state index in [4.69, 9.17) is 4.42 Å². The largest absolute Gasteiger partial charge is 0.444 e. The maximum absolute atomic E-state index is 11.7. The monoisotopic (exact) mass is 320 g/mol. The predicted molar refractivity (Wildman–Crippen MR) is 77.1 cm³/mol. The third kappa shape index (κ3) is 4.06. The molecule has 0 saturated heterocycles. The molecule has 2 aromatic rings. The van der Waals surface area contributed by atoms with E-state index in [-0.39, 0.29) is 11.7 Å². The highest BCUT2D eigenvalue weighted by atomic mass is 79.9. The van der Waals surface area contributed by atoms with E-state index in [1.165, 1.54) is 0 Å². The molecule has 98 valence electrons. The van der Waals surface area contributed by atoms with Gasteiger partial charge in [0.05, 0.1) is 0 Å². The Morgan fingerprint density at radius 1 is 1.26 bits per heavy atom. The van der Waals surface area contributed by atoms with Crippen LogP contribution in [0.1, 0.15) is 23.0 Å². The summed E-state index contributed by atoms with van der Waals surface area (Å²) in [5.74, 6) is -0.138. The molecule has 0 aliphatic heterocycles. The number of nitrogens with zero attached hydrogens (tertiary/aromatic N) is 1. The Kier molecular flexibility index (Phi) is 4.52. The van der Waals surface area contributed by atoms with Crippen molar-refractivity contribution in [3.8, 4) is 0 Å². The van der Waals surface area contributed by atoms with Crippen molar-refractivity contribution in [3.63, 3.8) is 0 Å². The number of furan rings is 1. The molecule has 0 fully saturated rings. The minimum atomic E-state index is -0.363. The molecule has 0 spiro atoms. The van der Waals surface area contributed by atoms with Gasteiger partial charge in [-0.05, 0) is 40.5 Å². The lowest BCUT2D eigenvalue weighted by atomic mass is 10.1. The van der Waals surface area contributed by atoms with Crippen LogP contribution in [0.15, 0.2) is 56.7 Å². The fraction of sp³-hybridized carbons (Fsp3) is 0.143. The zero-order valence-corrected chi connectivity index (χ0v) is 12.0. The second kappa shape index (κ2) is 6.33. The van der Waals surface area contributed by atoms with Gasteiger partial charge in [0.25, 0.3) is 0 Å². The molecule has 1 N–H and O–H groups in total. The molecule has 2 rings (SSSR count). The first-order chi connectivity index (χ1) is 9.15. The fourth-order valence-corrected chi connectivity index (χ4v) is 1.87. The van der Waals surface area contributed by atoms with Crippen molar-refractivity contribution < 1.29 is 9.21 Å². The van der Waals surface area contributed by atoms with Gasteiger partial charge in [-0.1, -0.05) is 30.3 Å². The Hall–Kier alpha value is -1.88. The number of hydrazone groups is 1. The highest BCUT2D eigenvalue weighted by Gasteiger charge is 2.09. The molecule has 1 amide bonds. The number of hydrogen-bond acceptors (Lipinski definition) is 3. The SMILES string of the molecule is C/C(Cc1ccccc1)=N\NC(=O)c1ccc(Br)o1. The molecule has 0 aliphatic rings. The molecular formula is C14H13BrN2O2. The first-order valence-electron chi connectivity index (χ1n) is 5.78. The number of carbonyl (C=O) groups is 1. The third-order valence-corrected chi connectivity index (χ3v) is 2.87. The first kappa shape index (κ1) is 13.5. The van der Waals surface area contributed by atoms with Gasteiger partial charge in [0.1, 0.15) is 0 Å². The van der Waals surface area contributed by atoms with Crippen LogP contribution in [-0.4, -0.2) is 11.6 Å². The van der Waals surface area contributed by atoms with E-state index < -0.39 is 0 Å². The van der Waals surface area contributed by atoms with Crippen molar-refractivity contribution in [2.24, 2.45) is 5.10 Å². The molecule has 0 unspecified atom stereocenters. The van der Waals surface area contributed by atoms with Crippen LogP contribution in [0.4, 0.5) is 0 Å². The summed E-state index contributed by atoms with van der Waals surface area (Å²) in [4.78, 5) is 11.7. The molecule has 4 nitrogen and oxygen atoms in total. The van der Waals surface area contributed by atoms with Gasteiger partial charge in [-0.25, -0.2) is 5.43 Å². The normalized spacial score (nSPS) is 11.4. The Labute approximate surface area is 119 Å². The number of nitrogens with one attached hydrogen (secondary N) is 1. The van der Waals surface area contributed by atoms with Gasteiger partial charge in [-0.2, -0.15) is 5.10 Å². The molecule has 5 heteroatoms. The molecular weight excluding hydrogens is 308 g/mol. The molecule has 1 heterocycles. The summed E-state index contributed by atoms with van der Waals surface area (Å²) in [5.41, 5.74) is 4.44. The molecule has 0 bridgehead atoms. The van der Waals surface area contributed by atoms with E-state index in [2.05, 4.69) is 26.5 Å². The molecule has 1 aromatic carbocycles. The quantitative estimate of drug-likeness (QED) is 0.693. The topological polar surface area (TPSA) is 54.6 Å². The highest BCUT2D eigenvalue weighted by molar-refractivity contribution is 9.10. The number of hydrogen-bond donors (Lipinski definition) is 1. The zero-order valence-electron chi connectivity index (χ0n) is 10.4. The van der Waals surface area contributed by atoms with Crippen molar-refractivity contribution in [2.45, 2.75) is 13.3 Å². The van der Waals surface area contributed by atoms with Gasteiger partial charge >= 0.3 is 5.91 Å². The fourth-order valence-electron chi connectivity index (χ4n) is 1.57. The summed E-state index contributed by atoms with van der Waals surface area (Å²) in [7, 11) is 0. The van der Waals surface area contributed by atoms with Crippen LogP contribution >= 0.6 is 15.9 Å². The van der Waals surface area contributed by atoms with Gasteiger partial charge in [-0.3, -0.25) is 4.79 Å². The van der Waals surface area contributed by atoms with E-state index in [1.54, 1.807) is 12.1 Å². The predicted octanol–water partition coefficient (Wildman–Crippen LogP) is 3.39. The van der Waals surface area contributed by atoms with Gasteiger partial charge < -0.3 is 4.42 Å². The maximum atomic E-state index is 11.7. The number of carbonyl (C=O) groups excluding carboxylic acids is 1. The van der Waals surface area contributed by atoms with Crippen LogP contribution in [0.25, 0.3) is 0 Å². The lowest BCUT2D eigenvalue weighted by Crippen LogP contribution is -2.19. The van der Waals surface area contributed by atoms with Gasteiger partial charge in [0.15, 0.2) is 10.4 Å². The molecule has 0 saturated carbocycles. The van der Waals surface area contributed by atoms with Gasteiger partial charge in [0.2, 0.25) is 0 Å². The highest BCUT2D eigenvalue weighted by Crippen LogP contribution is 2.13. The van der Waals surface area contributed by atoms with Crippen molar-refractivity contribution in [1.82, 2.24) is 5.43 Å². The smallest absolute Gasteiger partial charge is 0.307 e. The molecule has 0 atom stereocenters. The summed E-state index contributed by atoms with van der Waals surface area (Å²) in [6.45, 7) is 1.87. The lowest BCUT2D eigenvalue weighted by Gasteiger charge is -2.01. The Balaban J connectivity index is 1.93. The van der Waals surface area contributed by atoms with Crippen molar-refractivity contribution >= 4 is 27.5 Å². The maximum Gasteiger partial charge on any atom is 0.307 e. The van der Waals surface area contributed by atoms with Crippen LogP contribution in [0, 0.1) is 0 Å². The second-order valence-corrected chi connectivity index (χ2v) is 4.84. The van der Waals surface area contributed by atoms with Gasteiger partial charge in [-0.15, -0.1) is 0 Å². The van der Waals surface area contributed by atoms with Crippen molar-refractivity contribution in [2.75, 3.05) is 0 Å². The summed E-state index contributed by atoms with van der Waals surface area (Å²) >= 11 is 3.14. The number of benzene rings is 1. The average Bonchev–Trinajstić information content (AvgIpc) is 2.84. The number of halogens is 1. The van der Waals surface area contributed by atoms with Crippen LogP contribution in [0.5, 0.6) is 0 Å². The van der Waals surface area contributed by atoms with Crippen molar-refractivity contribution in [3.05, 3.63) is 58.5 Å². The Morgan fingerprint density at radius 2 is 2.00 bits per heavy atom. The van der Waals surface area contributed by atoms with E-state index in [0.29, 0.717) is 11.1 Å². The average molecular weight is 321 g/mol. The van der Waals surface area contributed by atoms with E-state index in [0.717, 1.165) is 11.3 Å². The van der Waals surface area contributed by atoms with Crippen LogP contribution in [0.2, 0.25) is 0 Å². The third-order valence-electron chi connectivity index (χ3n) is 2.45. The van der Waals surface area contributed by atoms with E-state index >= 15 is 0 Å². The standard InChI is InChI=1S/C14H13BrN2O2/c1-10(9-11-5-3-2-4-6-11)16-17-14(18)12-7-8-13(15)19-12/h2-8H,9H2,1H3,(H,17,18)/b16-10+. The lowest BCUT2D eigenvalue weighted by molar-refractivity contribution is 0.0926. The number of amides is 1. The zero-order chi connectivity index (χ0) is 13.7. The first-order valence-corrected chi connectivity index (χ1v) is 6.57. The van der Waals surface area contributed by atoms with Gasteiger partial charge in [0, 0.05) is 12.1 Å². The molecule has 0 aliphatic carbocycles. The summed E-state index contributed by atoms with van der Waals surface area (Å²) < 4.78 is 5.65. The second-order valence-electron chi connectivity index (χ2n) is 4.05. The Morgan fingerprint density at radius 3 is 2.63 bits per heavy atom. The minimum absolute atomic E-state index is 0.225. The van der Waals surface area contributed by atoms with Crippen molar-refractivity contribution in [1.29, 1.82) is 0 Å². The van der Waals surface area contributed by atoms with Crippen LogP contribution < -0.4 is 5.43 Å². The van der Waals surface area contributed by atoms with Crippen LogP contribution in [-0.2, 0) is 6.42 Å². The summed E-state index contributed by atoms with van der Waals surface area (Å²) in [6.07, 6.45) is 0.697. The van der Waals surface area contributed by atoms with E-state index in [1.807, 2.05) is 37.3 Å². The summed E-state index contributed by atoms with van der Waals surface area (Å²) in [6, 6.07) is 13.2. The molecule has 19 heavy (non-hydrogen) atoms. The van der Waals surface area contributed by atoms with E-state index in [9.17, 15) is 4.79 Å². The molecule has 1 aromatic heterocycles. The Bertz CT molecular complexity index is 591. The number of rotatable bonds is 4. The molecule has 0 radical (unpaired) electrons. The minimum Gasteiger partial charge on any atom is -0.444 e.